The zero-order chi connectivity index (χ0) is 12.9. The molecule has 0 spiro atoms. The highest BCUT2D eigenvalue weighted by molar-refractivity contribution is 5.66. The Labute approximate surface area is 103 Å². The van der Waals surface area contributed by atoms with E-state index in [9.17, 15) is 9.90 Å². The normalized spacial score (nSPS) is 18.8. The molecule has 0 saturated heterocycles. The van der Waals surface area contributed by atoms with Crippen LogP contribution in [0, 0.1) is 11.3 Å². The molecule has 1 rings (SSSR count). The standard InChI is InChI=1S/C13H25NO3/c1-13(2,10-4-3-5-10)9-14-8-11(15)6-7-12(16)17/h10-11,14-15H,3-9H2,1-2H3,(H,16,17). The van der Waals surface area contributed by atoms with Crippen LogP contribution in [-0.2, 0) is 4.79 Å². The average molecular weight is 243 g/mol. The molecule has 4 nitrogen and oxygen atoms in total. The number of hydrogen-bond acceptors (Lipinski definition) is 3. The number of aliphatic hydroxyl groups is 1. The summed E-state index contributed by atoms with van der Waals surface area (Å²) in [5.41, 5.74) is 0.283. The molecule has 1 unspecified atom stereocenters. The number of hydrogen-bond donors (Lipinski definition) is 3. The quantitative estimate of drug-likeness (QED) is 0.606. The number of aliphatic hydroxyl groups excluding tert-OH is 1. The van der Waals surface area contributed by atoms with Crippen LogP contribution in [0.2, 0.25) is 0 Å². The van der Waals surface area contributed by atoms with E-state index in [0.717, 1.165) is 12.5 Å². The predicted octanol–water partition coefficient (Wildman–Crippen LogP) is 1.63. The molecule has 0 bridgehead atoms. The molecule has 0 heterocycles. The Hall–Kier alpha value is -0.610. The number of carbonyl (C=O) groups is 1. The molecule has 1 saturated carbocycles. The van der Waals surface area contributed by atoms with Crippen molar-refractivity contribution in [2.24, 2.45) is 11.3 Å². The van der Waals surface area contributed by atoms with Gasteiger partial charge in [-0.05, 0) is 30.6 Å². The van der Waals surface area contributed by atoms with Crippen LogP contribution >= 0.6 is 0 Å². The number of aliphatic carboxylic acids is 1. The third-order valence-corrected chi connectivity index (χ3v) is 3.86. The third-order valence-electron chi connectivity index (χ3n) is 3.86. The lowest BCUT2D eigenvalue weighted by Gasteiger charge is -2.40. The fraction of sp³-hybridized carbons (Fsp3) is 0.923. The van der Waals surface area contributed by atoms with Gasteiger partial charge in [0.2, 0.25) is 0 Å². The number of nitrogens with one attached hydrogen (secondary N) is 1. The van der Waals surface area contributed by atoms with Gasteiger partial charge in [0.25, 0.3) is 0 Å². The van der Waals surface area contributed by atoms with Crippen molar-refractivity contribution < 1.29 is 15.0 Å². The van der Waals surface area contributed by atoms with Gasteiger partial charge in [-0.1, -0.05) is 20.3 Å². The first-order valence-corrected chi connectivity index (χ1v) is 6.52. The van der Waals surface area contributed by atoms with E-state index in [-0.39, 0.29) is 11.8 Å². The lowest BCUT2D eigenvalue weighted by molar-refractivity contribution is -0.137. The van der Waals surface area contributed by atoms with Gasteiger partial charge in [-0.3, -0.25) is 4.79 Å². The molecule has 0 aromatic rings. The molecule has 3 N–H and O–H groups in total. The monoisotopic (exact) mass is 243 g/mol. The molecule has 0 aromatic carbocycles. The molecule has 4 heteroatoms. The zero-order valence-electron chi connectivity index (χ0n) is 10.9. The highest BCUT2D eigenvalue weighted by atomic mass is 16.4. The summed E-state index contributed by atoms with van der Waals surface area (Å²) in [5.74, 6) is -0.0509. The molecular formula is C13H25NO3. The van der Waals surface area contributed by atoms with Gasteiger partial charge in [0.05, 0.1) is 6.10 Å². The Bertz CT molecular complexity index is 249. The van der Waals surface area contributed by atoms with Crippen LogP contribution in [0.5, 0.6) is 0 Å². The maximum Gasteiger partial charge on any atom is 0.303 e. The first kappa shape index (κ1) is 14.5. The molecule has 0 aromatic heterocycles. The predicted molar refractivity (Wildman–Crippen MR) is 66.9 cm³/mol. The molecule has 17 heavy (non-hydrogen) atoms. The third kappa shape index (κ3) is 5.04. The Morgan fingerprint density at radius 2 is 2.12 bits per heavy atom. The summed E-state index contributed by atoms with van der Waals surface area (Å²) >= 11 is 0. The Morgan fingerprint density at radius 3 is 2.59 bits per heavy atom. The summed E-state index contributed by atoms with van der Waals surface area (Å²) < 4.78 is 0. The van der Waals surface area contributed by atoms with Crippen molar-refractivity contribution in [1.29, 1.82) is 0 Å². The molecule has 1 atom stereocenters. The van der Waals surface area contributed by atoms with Crippen LogP contribution in [0.1, 0.15) is 46.0 Å². The van der Waals surface area contributed by atoms with Crippen molar-refractivity contribution in [3.05, 3.63) is 0 Å². The van der Waals surface area contributed by atoms with Crippen LogP contribution in [0.3, 0.4) is 0 Å². The molecule has 1 aliphatic rings. The number of carboxylic acid groups (broad SMARTS) is 1. The fourth-order valence-corrected chi connectivity index (χ4v) is 2.29. The lowest BCUT2D eigenvalue weighted by Crippen LogP contribution is -2.41. The minimum Gasteiger partial charge on any atom is -0.481 e. The maximum absolute atomic E-state index is 10.3. The van der Waals surface area contributed by atoms with E-state index in [1.807, 2.05) is 0 Å². The van der Waals surface area contributed by atoms with E-state index < -0.39 is 12.1 Å². The minimum absolute atomic E-state index is 0.0366. The van der Waals surface area contributed by atoms with E-state index in [0.29, 0.717) is 13.0 Å². The van der Waals surface area contributed by atoms with E-state index >= 15 is 0 Å². The lowest BCUT2D eigenvalue weighted by atomic mass is 9.67. The summed E-state index contributed by atoms with van der Waals surface area (Å²) in [6, 6.07) is 0. The van der Waals surface area contributed by atoms with Gasteiger partial charge in [-0.15, -0.1) is 0 Å². The topological polar surface area (TPSA) is 69.6 Å². The smallest absolute Gasteiger partial charge is 0.303 e. The van der Waals surface area contributed by atoms with E-state index in [2.05, 4.69) is 19.2 Å². The molecule has 0 aliphatic heterocycles. The van der Waals surface area contributed by atoms with E-state index in [1.165, 1.54) is 19.3 Å². The Balaban J connectivity index is 2.11. The maximum atomic E-state index is 10.3. The minimum atomic E-state index is -0.848. The zero-order valence-corrected chi connectivity index (χ0v) is 10.9. The van der Waals surface area contributed by atoms with E-state index in [4.69, 9.17) is 5.11 Å². The summed E-state index contributed by atoms with van der Waals surface area (Å²) in [7, 11) is 0. The van der Waals surface area contributed by atoms with Crippen LogP contribution in [0.15, 0.2) is 0 Å². The molecule has 100 valence electrons. The van der Waals surface area contributed by atoms with Crippen LogP contribution in [-0.4, -0.2) is 35.4 Å². The van der Waals surface area contributed by atoms with Crippen molar-refractivity contribution in [3.63, 3.8) is 0 Å². The Morgan fingerprint density at radius 1 is 1.47 bits per heavy atom. The van der Waals surface area contributed by atoms with Gasteiger partial charge >= 0.3 is 5.97 Å². The van der Waals surface area contributed by atoms with Crippen molar-refractivity contribution in [2.45, 2.75) is 52.1 Å². The molecular weight excluding hydrogens is 218 g/mol. The van der Waals surface area contributed by atoms with Gasteiger partial charge in [-0.25, -0.2) is 0 Å². The largest absolute Gasteiger partial charge is 0.481 e. The summed E-state index contributed by atoms with van der Waals surface area (Å²) in [4.78, 5) is 10.3. The van der Waals surface area contributed by atoms with Gasteiger partial charge in [-0.2, -0.15) is 0 Å². The molecule has 1 aliphatic carbocycles. The van der Waals surface area contributed by atoms with E-state index in [1.54, 1.807) is 0 Å². The number of rotatable bonds is 8. The van der Waals surface area contributed by atoms with Gasteiger partial charge in [0.15, 0.2) is 0 Å². The fourth-order valence-electron chi connectivity index (χ4n) is 2.29. The van der Waals surface area contributed by atoms with Gasteiger partial charge in [0, 0.05) is 19.5 Å². The molecule has 0 amide bonds. The SMILES string of the molecule is CC(C)(CNCC(O)CCC(=O)O)C1CCC1. The second-order valence-electron chi connectivity index (χ2n) is 5.83. The van der Waals surface area contributed by atoms with Crippen molar-refractivity contribution in [2.75, 3.05) is 13.1 Å². The highest BCUT2D eigenvalue weighted by Crippen LogP contribution is 2.41. The second-order valence-corrected chi connectivity index (χ2v) is 5.83. The van der Waals surface area contributed by atoms with Crippen molar-refractivity contribution in [1.82, 2.24) is 5.32 Å². The highest BCUT2D eigenvalue weighted by Gasteiger charge is 2.33. The average Bonchev–Trinajstić information content (AvgIpc) is 2.10. The van der Waals surface area contributed by atoms with Crippen LogP contribution in [0.4, 0.5) is 0 Å². The van der Waals surface area contributed by atoms with Crippen LogP contribution < -0.4 is 5.32 Å². The first-order valence-electron chi connectivity index (χ1n) is 6.52. The van der Waals surface area contributed by atoms with Crippen molar-refractivity contribution in [3.8, 4) is 0 Å². The summed E-state index contributed by atoms with van der Waals surface area (Å²) in [6.45, 7) is 5.89. The second kappa shape index (κ2) is 6.36. The summed E-state index contributed by atoms with van der Waals surface area (Å²) in [5, 5.41) is 21.3. The van der Waals surface area contributed by atoms with Gasteiger partial charge in [0.1, 0.15) is 0 Å². The molecule has 1 fully saturated rings. The summed E-state index contributed by atoms with van der Waals surface area (Å²) in [6.07, 6.45) is 3.78. The van der Waals surface area contributed by atoms with Crippen molar-refractivity contribution >= 4 is 5.97 Å². The molecule has 0 radical (unpaired) electrons. The van der Waals surface area contributed by atoms with Gasteiger partial charge < -0.3 is 15.5 Å². The first-order chi connectivity index (χ1) is 7.92. The van der Waals surface area contributed by atoms with Crippen LogP contribution in [0.25, 0.3) is 0 Å². The Kier molecular flexibility index (Phi) is 5.40. The number of carboxylic acids is 1.